The number of para-hydroxylation sites is 1. The van der Waals surface area contributed by atoms with Gasteiger partial charge in [0.15, 0.2) is 0 Å². The minimum atomic E-state index is -3.92. The summed E-state index contributed by atoms with van der Waals surface area (Å²) in [7, 11) is -3.92. The normalized spacial score (nSPS) is 11.2. The largest absolute Gasteiger partial charge is 0.465 e. The number of nitrogens with zero attached hydrogens (tertiary/aromatic N) is 1. The zero-order valence-electron chi connectivity index (χ0n) is 14.3. The fourth-order valence-corrected chi connectivity index (χ4v) is 4.34. The highest BCUT2D eigenvalue weighted by Gasteiger charge is 2.29. The van der Waals surface area contributed by atoms with E-state index in [0.717, 1.165) is 19.9 Å². The SMILES string of the molecule is CCOC(=O)CN(c1c(C)cccc1C)S(=O)(=O)c1ccc(Br)cc1. The summed E-state index contributed by atoms with van der Waals surface area (Å²) in [5.74, 6) is -0.592. The van der Waals surface area contributed by atoms with E-state index in [1.165, 1.54) is 12.1 Å². The van der Waals surface area contributed by atoms with Crippen molar-refractivity contribution in [3.8, 4) is 0 Å². The van der Waals surface area contributed by atoms with E-state index in [4.69, 9.17) is 4.74 Å². The quantitative estimate of drug-likeness (QED) is 0.659. The Hall–Kier alpha value is -1.86. The standard InChI is InChI=1S/C18H20BrNO4S/c1-4-24-17(21)12-20(18-13(2)6-5-7-14(18)3)25(22,23)16-10-8-15(19)9-11-16/h5-11H,4,12H2,1-3H3. The molecule has 0 amide bonds. The van der Waals surface area contributed by atoms with Gasteiger partial charge in [0, 0.05) is 4.47 Å². The first-order valence-electron chi connectivity index (χ1n) is 7.77. The van der Waals surface area contributed by atoms with E-state index in [9.17, 15) is 13.2 Å². The second-order valence-corrected chi connectivity index (χ2v) is 8.29. The van der Waals surface area contributed by atoms with Crippen LogP contribution in [0.1, 0.15) is 18.1 Å². The number of benzene rings is 2. The predicted octanol–water partition coefficient (Wildman–Crippen LogP) is 3.82. The number of halogens is 1. The number of hydrogen-bond donors (Lipinski definition) is 0. The fourth-order valence-electron chi connectivity index (χ4n) is 2.54. The molecular weight excluding hydrogens is 406 g/mol. The van der Waals surface area contributed by atoms with Gasteiger partial charge in [0.25, 0.3) is 10.0 Å². The number of anilines is 1. The van der Waals surface area contributed by atoms with Gasteiger partial charge in [-0.1, -0.05) is 34.1 Å². The number of carbonyl (C=O) groups is 1. The molecule has 0 aliphatic carbocycles. The van der Waals surface area contributed by atoms with Gasteiger partial charge in [-0.3, -0.25) is 9.10 Å². The molecule has 0 saturated heterocycles. The average molecular weight is 426 g/mol. The zero-order valence-corrected chi connectivity index (χ0v) is 16.7. The van der Waals surface area contributed by atoms with Gasteiger partial charge in [0.05, 0.1) is 17.2 Å². The molecule has 2 aromatic rings. The Labute approximate surface area is 156 Å². The molecule has 0 unspecified atom stereocenters. The van der Waals surface area contributed by atoms with E-state index in [1.807, 2.05) is 32.0 Å². The Morgan fingerprint density at radius 3 is 2.16 bits per heavy atom. The Morgan fingerprint density at radius 2 is 1.64 bits per heavy atom. The van der Waals surface area contributed by atoms with Crippen LogP contribution in [0.25, 0.3) is 0 Å². The van der Waals surface area contributed by atoms with Gasteiger partial charge < -0.3 is 4.74 Å². The number of sulfonamides is 1. The van der Waals surface area contributed by atoms with Crippen molar-refractivity contribution >= 4 is 37.6 Å². The number of rotatable bonds is 6. The highest BCUT2D eigenvalue weighted by molar-refractivity contribution is 9.10. The fraction of sp³-hybridized carbons (Fsp3) is 0.278. The molecule has 0 radical (unpaired) electrons. The lowest BCUT2D eigenvalue weighted by Gasteiger charge is -2.26. The second kappa shape index (κ2) is 8.01. The summed E-state index contributed by atoms with van der Waals surface area (Å²) in [6.45, 7) is 5.13. The second-order valence-electron chi connectivity index (χ2n) is 5.51. The first-order valence-corrected chi connectivity index (χ1v) is 10.0. The molecule has 5 nitrogen and oxygen atoms in total. The number of ether oxygens (including phenoxy) is 1. The van der Waals surface area contributed by atoms with Crippen molar-refractivity contribution in [3.63, 3.8) is 0 Å². The number of aryl methyl sites for hydroxylation is 2. The van der Waals surface area contributed by atoms with Crippen molar-refractivity contribution in [2.75, 3.05) is 17.5 Å². The van der Waals surface area contributed by atoms with Gasteiger partial charge in [-0.15, -0.1) is 0 Å². The average Bonchev–Trinajstić information content (AvgIpc) is 2.54. The molecule has 0 spiro atoms. The summed E-state index contributed by atoms with van der Waals surface area (Å²) in [6, 6.07) is 11.8. The maximum Gasteiger partial charge on any atom is 0.326 e. The van der Waals surface area contributed by atoms with Crippen molar-refractivity contribution in [3.05, 3.63) is 58.1 Å². The number of carbonyl (C=O) groups excluding carboxylic acids is 1. The van der Waals surface area contributed by atoms with Crippen LogP contribution in [0.4, 0.5) is 5.69 Å². The van der Waals surface area contributed by atoms with E-state index in [1.54, 1.807) is 19.1 Å². The van der Waals surface area contributed by atoms with Crippen molar-refractivity contribution in [1.82, 2.24) is 0 Å². The van der Waals surface area contributed by atoms with Gasteiger partial charge in [-0.25, -0.2) is 8.42 Å². The van der Waals surface area contributed by atoms with Gasteiger partial charge >= 0.3 is 5.97 Å². The molecule has 2 rings (SSSR count). The van der Waals surface area contributed by atoms with Gasteiger partial charge in [-0.05, 0) is 56.2 Å². The Kier molecular flexibility index (Phi) is 6.24. The molecule has 0 N–H and O–H groups in total. The third-order valence-corrected chi connectivity index (χ3v) is 5.96. The molecule has 134 valence electrons. The van der Waals surface area contributed by atoms with Crippen LogP contribution in [0.15, 0.2) is 51.8 Å². The minimum absolute atomic E-state index is 0.114. The molecule has 0 fully saturated rings. The summed E-state index contributed by atoms with van der Waals surface area (Å²) < 4.78 is 33.3. The molecule has 0 atom stereocenters. The lowest BCUT2D eigenvalue weighted by atomic mass is 10.1. The summed E-state index contributed by atoms with van der Waals surface area (Å²) in [5, 5.41) is 0. The van der Waals surface area contributed by atoms with Crippen LogP contribution in [-0.2, 0) is 19.6 Å². The Morgan fingerprint density at radius 1 is 1.08 bits per heavy atom. The van der Waals surface area contributed by atoms with Crippen molar-refractivity contribution in [2.24, 2.45) is 0 Å². The molecule has 0 saturated carbocycles. The molecule has 0 heterocycles. The van der Waals surface area contributed by atoms with Crippen LogP contribution in [0.2, 0.25) is 0 Å². The van der Waals surface area contributed by atoms with Crippen molar-refractivity contribution < 1.29 is 17.9 Å². The summed E-state index contributed by atoms with van der Waals surface area (Å²) in [4.78, 5) is 12.2. The molecule has 0 aliphatic heterocycles. The van der Waals surface area contributed by atoms with Gasteiger partial charge in [-0.2, -0.15) is 0 Å². The van der Waals surface area contributed by atoms with Crippen LogP contribution in [-0.4, -0.2) is 27.5 Å². The molecule has 0 aromatic heterocycles. The van der Waals surface area contributed by atoms with Crippen molar-refractivity contribution in [2.45, 2.75) is 25.7 Å². The maximum atomic E-state index is 13.2. The smallest absolute Gasteiger partial charge is 0.326 e. The highest BCUT2D eigenvalue weighted by atomic mass is 79.9. The summed E-state index contributed by atoms with van der Waals surface area (Å²) in [5.41, 5.74) is 2.04. The molecule has 7 heteroatoms. The van der Waals surface area contributed by atoms with Crippen LogP contribution < -0.4 is 4.31 Å². The Balaban J connectivity index is 2.58. The topological polar surface area (TPSA) is 63.7 Å². The Bertz CT molecular complexity index is 843. The van der Waals surface area contributed by atoms with E-state index in [-0.39, 0.29) is 18.0 Å². The van der Waals surface area contributed by atoms with E-state index in [2.05, 4.69) is 15.9 Å². The van der Waals surface area contributed by atoms with Crippen LogP contribution in [0.5, 0.6) is 0 Å². The van der Waals surface area contributed by atoms with E-state index in [0.29, 0.717) is 5.69 Å². The minimum Gasteiger partial charge on any atom is -0.465 e. The molecular formula is C18H20BrNO4S. The summed E-state index contributed by atoms with van der Waals surface area (Å²) in [6.07, 6.45) is 0. The third kappa shape index (κ3) is 4.41. The van der Waals surface area contributed by atoms with Crippen molar-refractivity contribution in [1.29, 1.82) is 0 Å². The van der Waals surface area contributed by atoms with E-state index >= 15 is 0 Å². The van der Waals surface area contributed by atoms with Gasteiger partial charge in [0.1, 0.15) is 6.54 Å². The summed E-state index contributed by atoms with van der Waals surface area (Å²) >= 11 is 3.30. The highest BCUT2D eigenvalue weighted by Crippen LogP contribution is 2.30. The van der Waals surface area contributed by atoms with Gasteiger partial charge in [0.2, 0.25) is 0 Å². The molecule has 25 heavy (non-hydrogen) atoms. The molecule has 0 aliphatic rings. The first-order chi connectivity index (χ1) is 11.8. The van der Waals surface area contributed by atoms with Crippen LogP contribution in [0.3, 0.4) is 0 Å². The lowest BCUT2D eigenvalue weighted by molar-refractivity contribution is -0.141. The third-order valence-electron chi connectivity index (χ3n) is 3.67. The number of hydrogen-bond acceptors (Lipinski definition) is 4. The van der Waals surface area contributed by atoms with Crippen LogP contribution in [0, 0.1) is 13.8 Å². The zero-order chi connectivity index (χ0) is 18.6. The lowest BCUT2D eigenvalue weighted by Crippen LogP contribution is -2.37. The van der Waals surface area contributed by atoms with Crippen LogP contribution >= 0.6 is 15.9 Å². The predicted molar refractivity (Wildman–Crippen MR) is 101 cm³/mol. The number of esters is 1. The maximum absolute atomic E-state index is 13.2. The molecule has 0 bridgehead atoms. The van der Waals surface area contributed by atoms with E-state index < -0.39 is 16.0 Å². The molecule has 2 aromatic carbocycles. The monoisotopic (exact) mass is 425 g/mol. The first kappa shape index (κ1) is 19.5.